The SMILES string of the molecule is O=C(CN1CCN(C(=O)c2sc3cc(F)ccc3c2Cl)CC1)N1CCCCC1. The number of fused-ring (bicyclic) bond motifs is 1. The van der Waals surface area contributed by atoms with Crippen LogP contribution in [0.3, 0.4) is 0 Å². The lowest BCUT2D eigenvalue weighted by atomic mass is 10.1. The minimum Gasteiger partial charge on any atom is -0.342 e. The van der Waals surface area contributed by atoms with Crippen molar-refractivity contribution < 1.29 is 14.0 Å². The molecule has 2 amide bonds. The number of likely N-dealkylation sites (tertiary alicyclic amines) is 1. The number of carbonyl (C=O) groups excluding carboxylic acids is 2. The van der Waals surface area contributed by atoms with E-state index in [-0.39, 0.29) is 17.6 Å². The zero-order valence-electron chi connectivity index (χ0n) is 15.6. The van der Waals surface area contributed by atoms with Gasteiger partial charge in [0.05, 0.1) is 11.6 Å². The van der Waals surface area contributed by atoms with Gasteiger partial charge in [-0.15, -0.1) is 11.3 Å². The lowest BCUT2D eigenvalue weighted by Gasteiger charge is -2.36. The van der Waals surface area contributed by atoms with E-state index in [0.717, 1.165) is 25.9 Å². The van der Waals surface area contributed by atoms with Crippen LogP contribution in [0.4, 0.5) is 4.39 Å². The van der Waals surface area contributed by atoms with Gasteiger partial charge in [0.25, 0.3) is 5.91 Å². The minimum absolute atomic E-state index is 0.117. The van der Waals surface area contributed by atoms with Crippen LogP contribution in [0.5, 0.6) is 0 Å². The topological polar surface area (TPSA) is 43.9 Å². The van der Waals surface area contributed by atoms with Gasteiger partial charge in [-0.2, -0.15) is 0 Å². The summed E-state index contributed by atoms with van der Waals surface area (Å²) >= 11 is 7.62. The van der Waals surface area contributed by atoms with E-state index < -0.39 is 0 Å². The third-order valence-corrected chi connectivity index (χ3v) is 7.16. The average molecular weight is 424 g/mol. The van der Waals surface area contributed by atoms with E-state index in [1.165, 1.54) is 29.9 Å². The van der Waals surface area contributed by atoms with E-state index in [1.807, 2.05) is 4.90 Å². The van der Waals surface area contributed by atoms with Crippen LogP contribution >= 0.6 is 22.9 Å². The van der Waals surface area contributed by atoms with Gasteiger partial charge >= 0.3 is 0 Å². The molecule has 2 aliphatic heterocycles. The number of halogens is 2. The molecule has 3 heterocycles. The van der Waals surface area contributed by atoms with Crippen molar-refractivity contribution in [3.05, 3.63) is 33.9 Å². The van der Waals surface area contributed by atoms with Crippen molar-refractivity contribution in [2.45, 2.75) is 19.3 Å². The van der Waals surface area contributed by atoms with E-state index in [9.17, 15) is 14.0 Å². The van der Waals surface area contributed by atoms with Crippen molar-refractivity contribution in [1.82, 2.24) is 14.7 Å². The summed E-state index contributed by atoms with van der Waals surface area (Å²) in [4.78, 5) is 31.6. The molecule has 2 saturated heterocycles. The Balaban J connectivity index is 1.36. The molecular weight excluding hydrogens is 401 g/mol. The highest BCUT2D eigenvalue weighted by Gasteiger charge is 2.28. The Hall–Kier alpha value is -1.70. The number of piperazine rings is 1. The van der Waals surface area contributed by atoms with Gasteiger partial charge in [0.15, 0.2) is 0 Å². The maximum absolute atomic E-state index is 13.4. The molecule has 2 aromatic rings. The van der Waals surface area contributed by atoms with E-state index in [2.05, 4.69) is 4.90 Å². The van der Waals surface area contributed by atoms with Crippen molar-refractivity contribution in [1.29, 1.82) is 0 Å². The summed E-state index contributed by atoms with van der Waals surface area (Å²) in [6.07, 6.45) is 3.39. The van der Waals surface area contributed by atoms with Gasteiger partial charge < -0.3 is 9.80 Å². The van der Waals surface area contributed by atoms with E-state index in [0.29, 0.717) is 52.7 Å². The van der Waals surface area contributed by atoms with E-state index in [1.54, 1.807) is 11.0 Å². The molecule has 0 spiro atoms. The molecular formula is C20H23ClFN3O2S. The largest absolute Gasteiger partial charge is 0.342 e. The molecule has 28 heavy (non-hydrogen) atoms. The minimum atomic E-state index is -0.337. The Morgan fingerprint density at radius 3 is 2.43 bits per heavy atom. The highest BCUT2D eigenvalue weighted by atomic mass is 35.5. The summed E-state index contributed by atoms with van der Waals surface area (Å²) in [5.41, 5.74) is 0. The molecule has 5 nitrogen and oxygen atoms in total. The lowest BCUT2D eigenvalue weighted by Crippen LogP contribution is -2.52. The number of rotatable bonds is 3. The van der Waals surface area contributed by atoms with Crippen molar-refractivity contribution >= 4 is 44.8 Å². The molecule has 4 rings (SSSR count). The number of carbonyl (C=O) groups is 2. The molecule has 0 bridgehead atoms. The van der Waals surface area contributed by atoms with Crippen LogP contribution < -0.4 is 0 Å². The molecule has 2 fully saturated rings. The van der Waals surface area contributed by atoms with Gasteiger partial charge in [0, 0.05) is 49.4 Å². The predicted molar refractivity (Wildman–Crippen MR) is 110 cm³/mol. The highest BCUT2D eigenvalue weighted by Crippen LogP contribution is 2.36. The lowest BCUT2D eigenvalue weighted by molar-refractivity contribution is -0.133. The summed E-state index contributed by atoms with van der Waals surface area (Å²) in [6.45, 7) is 4.61. The number of nitrogens with zero attached hydrogens (tertiary/aromatic N) is 3. The van der Waals surface area contributed by atoms with Crippen LogP contribution in [0, 0.1) is 5.82 Å². The van der Waals surface area contributed by atoms with E-state index >= 15 is 0 Å². The standard InChI is InChI=1S/C20H23ClFN3O2S/c21-18-15-5-4-14(22)12-16(15)28-19(18)20(27)25-10-8-23(9-11-25)13-17(26)24-6-2-1-3-7-24/h4-5,12H,1-3,6-11,13H2. The Morgan fingerprint density at radius 1 is 1.00 bits per heavy atom. The Labute approximate surface area is 172 Å². The van der Waals surface area contributed by atoms with E-state index in [4.69, 9.17) is 11.6 Å². The second-order valence-corrected chi connectivity index (χ2v) is 8.83. The maximum atomic E-state index is 13.4. The van der Waals surface area contributed by atoms with Crippen LogP contribution in [0.1, 0.15) is 28.9 Å². The molecule has 1 aromatic heterocycles. The normalized spacial score (nSPS) is 18.6. The first-order chi connectivity index (χ1) is 13.5. The zero-order chi connectivity index (χ0) is 19.7. The molecule has 0 atom stereocenters. The Morgan fingerprint density at radius 2 is 1.71 bits per heavy atom. The first-order valence-corrected chi connectivity index (χ1v) is 10.9. The summed E-state index contributed by atoms with van der Waals surface area (Å²) in [5.74, 6) is -0.265. The van der Waals surface area contributed by atoms with Gasteiger partial charge in [-0.1, -0.05) is 11.6 Å². The Bertz CT molecular complexity index is 889. The van der Waals surface area contributed by atoms with Gasteiger partial charge in [0.1, 0.15) is 10.7 Å². The average Bonchev–Trinajstić information content (AvgIpc) is 3.04. The fourth-order valence-electron chi connectivity index (χ4n) is 3.86. The smallest absolute Gasteiger partial charge is 0.265 e. The molecule has 0 radical (unpaired) electrons. The third-order valence-electron chi connectivity index (χ3n) is 5.51. The van der Waals surface area contributed by atoms with Crippen LogP contribution in [0.15, 0.2) is 18.2 Å². The molecule has 0 unspecified atom stereocenters. The zero-order valence-corrected chi connectivity index (χ0v) is 17.2. The molecule has 0 N–H and O–H groups in total. The number of piperidine rings is 1. The van der Waals surface area contributed by atoms with Crippen molar-refractivity contribution in [2.24, 2.45) is 0 Å². The van der Waals surface area contributed by atoms with Crippen LogP contribution in [0.25, 0.3) is 10.1 Å². The summed E-state index contributed by atoms with van der Waals surface area (Å²) in [6, 6.07) is 4.38. The molecule has 2 aliphatic rings. The van der Waals surface area contributed by atoms with Gasteiger partial charge in [-0.05, 0) is 37.5 Å². The first kappa shape index (κ1) is 19.6. The Kier molecular flexibility index (Phi) is 5.85. The monoisotopic (exact) mass is 423 g/mol. The number of thiophene rings is 1. The van der Waals surface area contributed by atoms with Crippen molar-refractivity contribution in [3.63, 3.8) is 0 Å². The van der Waals surface area contributed by atoms with Crippen LogP contribution in [-0.4, -0.2) is 72.3 Å². The van der Waals surface area contributed by atoms with Crippen LogP contribution in [0.2, 0.25) is 5.02 Å². The van der Waals surface area contributed by atoms with Crippen LogP contribution in [-0.2, 0) is 4.79 Å². The first-order valence-electron chi connectivity index (χ1n) is 9.70. The van der Waals surface area contributed by atoms with Gasteiger partial charge in [0.2, 0.25) is 5.91 Å². The summed E-state index contributed by atoms with van der Waals surface area (Å²) in [7, 11) is 0. The third kappa shape index (κ3) is 4.02. The molecule has 1 aromatic carbocycles. The van der Waals surface area contributed by atoms with Crippen molar-refractivity contribution in [2.75, 3.05) is 45.8 Å². The molecule has 150 valence electrons. The fourth-order valence-corrected chi connectivity index (χ4v) is 5.37. The van der Waals surface area contributed by atoms with Gasteiger partial charge in [-0.25, -0.2) is 4.39 Å². The predicted octanol–water partition coefficient (Wildman–Crippen LogP) is 3.46. The molecule has 8 heteroatoms. The number of benzene rings is 1. The molecule has 0 aliphatic carbocycles. The number of hydrogen-bond donors (Lipinski definition) is 0. The number of hydrogen-bond acceptors (Lipinski definition) is 4. The fraction of sp³-hybridized carbons (Fsp3) is 0.500. The van der Waals surface area contributed by atoms with Crippen molar-refractivity contribution in [3.8, 4) is 0 Å². The maximum Gasteiger partial charge on any atom is 0.265 e. The number of amides is 2. The second-order valence-electron chi connectivity index (χ2n) is 7.40. The quantitative estimate of drug-likeness (QED) is 0.759. The highest BCUT2D eigenvalue weighted by molar-refractivity contribution is 7.21. The van der Waals surface area contributed by atoms with Gasteiger partial charge in [-0.3, -0.25) is 14.5 Å². The second kappa shape index (κ2) is 8.35. The summed E-state index contributed by atoms with van der Waals surface area (Å²) in [5, 5.41) is 1.11. The summed E-state index contributed by atoms with van der Waals surface area (Å²) < 4.78 is 14.1. The molecule has 0 saturated carbocycles.